The third kappa shape index (κ3) is 4.76. The molecule has 9 heteroatoms. The maximum absolute atomic E-state index is 12.4. The molecular formula is C16H19ClN4O3S. The Labute approximate surface area is 155 Å². The van der Waals surface area contributed by atoms with E-state index in [0.29, 0.717) is 54.8 Å². The van der Waals surface area contributed by atoms with Gasteiger partial charge in [-0.05, 0) is 24.3 Å². The van der Waals surface area contributed by atoms with Gasteiger partial charge in [0.25, 0.3) is 11.8 Å². The molecule has 0 unspecified atom stereocenters. The number of nitrogens with one attached hydrogen (secondary N) is 1. The number of rotatable bonds is 4. The summed E-state index contributed by atoms with van der Waals surface area (Å²) in [7, 11) is 0. The average Bonchev–Trinajstić information content (AvgIpc) is 3.12. The highest BCUT2D eigenvalue weighted by molar-refractivity contribution is 7.09. The van der Waals surface area contributed by atoms with Crippen LogP contribution >= 0.6 is 23.7 Å². The highest BCUT2D eigenvalue weighted by Gasteiger charge is 2.18. The quantitative estimate of drug-likeness (QED) is 0.839. The molecule has 3 N–H and O–H groups in total. The molecule has 0 bridgehead atoms. The van der Waals surface area contributed by atoms with E-state index in [1.807, 2.05) is 0 Å². The minimum atomic E-state index is -0.293. The standard InChI is InChI=1S/C16H18N4O3S.ClH/c17-9-14-19-13(10-24-14)15(21)18-12-3-1-11(2-4-12)16(22)20-5-7-23-8-6-20;/h1-4,10H,5-9,17H2,(H,18,21);1H. The molecular weight excluding hydrogens is 364 g/mol. The first-order chi connectivity index (χ1) is 11.7. The largest absolute Gasteiger partial charge is 0.378 e. The average molecular weight is 383 g/mol. The number of halogens is 1. The topological polar surface area (TPSA) is 97.5 Å². The summed E-state index contributed by atoms with van der Waals surface area (Å²) in [5.74, 6) is -0.318. The first kappa shape index (κ1) is 19.3. The molecule has 1 fully saturated rings. The van der Waals surface area contributed by atoms with Crippen LogP contribution in [0.1, 0.15) is 25.9 Å². The Morgan fingerprint density at radius 2 is 1.92 bits per heavy atom. The fraction of sp³-hybridized carbons (Fsp3) is 0.312. The second-order valence-corrected chi connectivity index (χ2v) is 6.21. The van der Waals surface area contributed by atoms with E-state index in [0.717, 1.165) is 0 Å². The molecule has 0 saturated carbocycles. The zero-order valence-corrected chi connectivity index (χ0v) is 15.1. The van der Waals surface area contributed by atoms with Gasteiger partial charge in [-0.15, -0.1) is 23.7 Å². The van der Waals surface area contributed by atoms with Crippen LogP contribution in [0.25, 0.3) is 0 Å². The lowest BCUT2D eigenvalue weighted by Crippen LogP contribution is -2.40. The number of nitrogens with zero attached hydrogens (tertiary/aromatic N) is 2. The van der Waals surface area contributed by atoms with E-state index in [1.165, 1.54) is 11.3 Å². The molecule has 2 heterocycles. The Hall–Kier alpha value is -2.00. The summed E-state index contributed by atoms with van der Waals surface area (Å²) in [4.78, 5) is 30.4. The predicted molar refractivity (Wildman–Crippen MR) is 98.4 cm³/mol. The predicted octanol–water partition coefficient (Wildman–Crippen LogP) is 1.75. The Morgan fingerprint density at radius 1 is 1.24 bits per heavy atom. The van der Waals surface area contributed by atoms with Crippen LogP contribution in [0.3, 0.4) is 0 Å². The number of carbonyl (C=O) groups is 2. The van der Waals surface area contributed by atoms with Crippen molar-refractivity contribution >= 4 is 41.2 Å². The van der Waals surface area contributed by atoms with E-state index in [4.69, 9.17) is 10.5 Å². The van der Waals surface area contributed by atoms with Crippen molar-refractivity contribution in [3.63, 3.8) is 0 Å². The zero-order valence-electron chi connectivity index (χ0n) is 13.4. The summed E-state index contributed by atoms with van der Waals surface area (Å²) in [5.41, 5.74) is 7.04. The van der Waals surface area contributed by atoms with Crippen LogP contribution in [0.15, 0.2) is 29.6 Å². The molecule has 1 aromatic carbocycles. The minimum Gasteiger partial charge on any atom is -0.378 e. The lowest BCUT2D eigenvalue weighted by atomic mass is 10.1. The van der Waals surface area contributed by atoms with Crippen molar-refractivity contribution in [2.24, 2.45) is 5.73 Å². The first-order valence-electron chi connectivity index (χ1n) is 7.60. The van der Waals surface area contributed by atoms with Crippen LogP contribution in [-0.2, 0) is 11.3 Å². The van der Waals surface area contributed by atoms with Crippen molar-refractivity contribution in [1.29, 1.82) is 0 Å². The molecule has 1 aliphatic rings. The monoisotopic (exact) mass is 382 g/mol. The molecule has 0 aliphatic carbocycles. The number of ether oxygens (including phenoxy) is 1. The van der Waals surface area contributed by atoms with E-state index >= 15 is 0 Å². The van der Waals surface area contributed by atoms with Crippen molar-refractivity contribution in [3.8, 4) is 0 Å². The maximum atomic E-state index is 12.4. The van der Waals surface area contributed by atoms with Gasteiger partial charge in [-0.1, -0.05) is 0 Å². The molecule has 0 atom stereocenters. The molecule has 0 spiro atoms. The van der Waals surface area contributed by atoms with Crippen molar-refractivity contribution in [1.82, 2.24) is 9.88 Å². The second-order valence-electron chi connectivity index (χ2n) is 5.27. The van der Waals surface area contributed by atoms with Gasteiger partial charge in [-0.3, -0.25) is 9.59 Å². The molecule has 1 saturated heterocycles. The SMILES string of the molecule is Cl.NCc1nc(C(=O)Nc2ccc(C(=O)N3CCOCC3)cc2)cs1. The Morgan fingerprint density at radius 3 is 2.52 bits per heavy atom. The maximum Gasteiger partial charge on any atom is 0.275 e. The molecule has 1 aromatic heterocycles. The van der Waals surface area contributed by atoms with Gasteiger partial charge in [0.15, 0.2) is 0 Å². The second kappa shape index (κ2) is 8.91. The number of thiazole rings is 1. The summed E-state index contributed by atoms with van der Waals surface area (Å²) >= 11 is 1.35. The number of amides is 2. The van der Waals surface area contributed by atoms with Crippen molar-refractivity contribution in [2.75, 3.05) is 31.6 Å². The lowest BCUT2D eigenvalue weighted by Gasteiger charge is -2.26. The molecule has 7 nitrogen and oxygen atoms in total. The number of morpholine rings is 1. The Kier molecular flexibility index (Phi) is 6.89. The fourth-order valence-corrected chi connectivity index (χ4v) is 3.00. The molecule has 25 heavy (non-hydrogen) atoms. The van der Waals surface area contributed by atoms with Gasteiger partial charge in [-0.25, -0.2) is 4.98 Å². The molecule has 134 valence electrons. The number of nitrogens with two attached hydrogens (primary N) is 1. The molecule has 0 radical (unpaired) electrons. The zero-order chi connectivity index (χ0) is 16.9. The van der Waals surface area contributed by atoms with Gasteiger partial charge in [0.1, 0.15) is 10.7 Å². The van der Waals surface area contributed by atoms with Crippen LogP contribution in [0.2, 0.25) is 0 Å². The summed E-state index contributed by atoms with van der Waals surface area (Å²) in [6.45, 7) is 2.65. The summed E-state index contributed by atoms with van der Waals surface area (Å²) < 4.78 is 5.25. The van der Waals surface area contributed by atoms with E-state index in [9.17, 15) is 9.59 Å². The third-order valence-corrected chi connectivity index (χ3v) is 4.52. The van der Waals surface area contributed by atoms with E-state index < -0.39 is 0 Å². The van der Waals surface area contributed by atoms with Crippen LogP contribution in [-0.4, -0.2) is 48.0 Å². The van der Waals surface area contributed by atoms with Gasteiger partial charge in [0, 0.05) is 36.3 Å². The number of carbonyl (C=O) groups excluding carboxylic acids is 2. The van der Waals surface area contributed by atoms with Crippen LogP contribution in [0.4, 0.5) is 5.69 Å². The summed E-state index contributed by atoms with van der Waals surface area (Å²) in [5, 5.41) is 5.15. The van der Waals surface area contributed by atoms with Gasteiger partial charge in [-0.2, -0.15) is 0 Å². The van der Waals surface area contributed by atoms with Crippen molar-refractivity contribution in [3.05, 3.63) is 45.9 Å². The molecule has 3 rings (SSSR count). The third-order valence-electron chi connectivity index (χ3n) is 3.65. The molecule has 1 aliphatic heterocycles. The van der Waals surface area contributed by atoms with Crippen LogP contribution < -0.4 is 11.1 Å². The summed E-state index contributed by atoms with van der Waals surface area (Å²) in [6, 6.07) is 6.84. The van der Waals surface area contributed by atoms with Gasteiger partial charge in [0.2, 0.25) is 0 Å². The highest BCUT2D eigenvalue weighted by Crippen LogP contribution is 2.15. The smallest absolute Gasteiger partial charge is 0.275 e. The number of anilines is 1. The van der Waals surface area contributed by atoms with E-state index in [1.54, 1.807) is 34.5 Å². The van der Waals surface area contributed by atoms with Crippen LogP contribution in [0, 0.1) is 0 Å². The van der Waals surface area contributed by atoms with Crippen molar-refractivity contribution < 1.29 is 14.3 Å². The normalized spacial score (nSPS) is 13.9. The fourth-order valence-electron chi connectivity index (χ4n) is 2.35. The van der Waals surface area contributed by atoms with Gasteiger partial charge in [0.05, 0.1) is 13.2 Å². The first-order valence-corrected chi connectivity index (χ1v) is 8.48. The molecule has 2 amide bonds. The van der Waals surface area contributed by atoms with Crippen molar-refractivity contribution in [2.45, 2.75) is 6.54 Å². The minimum absolute atomic E-state index is 0. The number of hydrogen-bond acceptors (Lipinski definition) is 6. The number of benzene rings is 1. The Balaban J connectivity index is 0.00000225. The number of aromatic nitrogens is 1. The Bertz CT molecular complexity index is 729. The van der Waals surface area contributed by atoms with E-state index in [-0.39, 0.29) is 24.2 Å². The molecule has 2 aromatic rings. The summed E-state index contributed by atoms with van der Waals surface area (Å²) in [6.07, 6.45) is 0. The number of hydrogen-bond donors (Lipinski definition) is 2. The van der Waals surface area contributed by atoms with Gasteiger partial charge < -0.3 is 20.7 Å². The van der Waals surface area contributed by atoms with Crippen LogP contribution in [0.5, 0.6) is 0 Å². The highest BCUT2D eigenvalue weighted by atomic mass is 35.5. The lowest BCUT2D eigenvalue weighted by molar-refractivity contribution is 0.0303. The van der Waals surface area contributed by atoms with E-state index in [2.05, 4.69) is 10.3 Å². The van der Waals surface area contributed by atoms with Gasteiger partial charge >= 0.3 is 0 Å².